The number of amides is 1. The quantitative estimate of drug-likeness (QED) is 0.613. The predicted molar refractivity (Wildman–Crippen MR) is 111 cm³/mol. The molecule has 0 bridgehead atoms. The molecule has 0 aromatic heterocycles. The molecule has 0 radical (unpaired) electrons. The number of benzene rings is 2. The molecule has 6 nitrogen and oxygen atoms in total. The molecule has 1 amide bonds. The normalized spacial score (nSPS) is 16.0. The summed E-state index contributed by atoms with van der Waals surface area (Å²) in [7, 11) is 2.16. The molecule has 28 heavy (non-hydrogen) atoms. The van der Waals surface area contributed by atoms with E-state index in [1.54, 1.807) is 12.1 Å². The third-order valence-corrected chi connectivity index (χ3v) is 5.97. The molecule has 6 heteroatoms. The summed E-state index contributed by atoms with van der Waals surface area (Å²) < 4.78 is 0. The Morgan fingerprint density at radius 3 is 2.32 bits per heavy atom. The van der Waals surface area contributed by atoms with Crippen LogP contribution in [0, 0.1) is 16.0 Å². The van der Waals surface area contributed by atoms with Crippen molar-refractivity contribution in [1.29, 1.82) is 0 Å². The van der Waals surface area contributed by atoms with E-state index in [2.05, 4.69) is 31.1 Å². The van der Waals surface area contributed by atoms with Crippen LogP contribution in [0.15, 0.2) is 48.5 Å². The fourth-order valence-electron chi connectivity index (χ4n) is 3.97. The van der Waals surface area contributed by atoms with E-state index in [1.807, 2.05) is 24.3 Å². The minimum Gasteiger partial charge on any atom is -0.322 e. The van der Waals surface area contributed by atoms with Crippen molar-refractivity contribution in [2.24, 2.45) is 5.92 Å². The minimum absolute atomic E-state index is 0.0576. The van der Waals surface area contributed by atoms with Crippen LogP contribution in [0.1, 0.15) is 42.6 Å². The first-order valence-electron chi connectivity index (χ1n) is 9.63. The van der Waals surface area contributed by atoms with Gasteiger partial charge in [0.2, 0.25) is 0 Å². The summed E-state index contributed by atoms with van der Waals surface area (Å²) in [4.78, 5) is 25.4. The fraction of sp³-hybridized carbons (Fsp3) is 0.409. The second-order valence-corrected chi connectivity index (χ2v) is 8.10. The van der Waals surface area contributed by atoms with Gasteiger partial charge in [0.05, 0.1) is 4.92 Å². The van der Waals surface area contributed by atoms with Crippen LogP contribution in [0.4, 0.5) is 11.4 Å². The number of hydrogen-bond donors (Lipinski definition) is 1. The lowest BCUT2D eigenvalue weighted by Gasteiger charge is -2.40. The summed E-state index contributed by atoms with van der Waals surface area (Å²) in [6, 6.07) is 13.8. The van der Waals surface area contributed by atoms with Crippen molar-refractivity contribution in [3.63, 3.8) is 0 Å². The molecule has 148 valence electrons. The van der Waals surface area contributed by atoms with Crippen molar-refractivity contribution in [2.75, 3.05) is 25.5 Å². The SMILES string of the molecule is CN1CCC(C(C)(C)c2ccc(NC(=O)c3ccccc3[N+](=O)[O-])cc2)CC1. The van der Waals surface area contributed by atoms with Gasteiger partial charge in [0.25, 0.3) is 11.6 Å². The maximum absolute atomic E-state index is 12.5. The Morgan fingerprint density at radius 1 is 1.11 bits per heavy atom. The van der Waals surface area contributed by atoms with E-state index in [0.29, 0.717) is 11.6 Å². The van der Waals surface area contributed by atoms with E-state index in [1.165, 1.54) is 30.5 Å². The number of rotatable bonds is 5. The van der Waals surface area contributed by atoms with Gasteiger partial charge in [-0.15, -0.1) is 0 Å². The zero-order chi connectivity index (χ0) is 20.3. The molecule has 0 unspecified atom stereocenters. The number of anilines is 1. The Morgan fingerprint density at radius 2 is 1.71 bits per heavy atom. The van der Waals surface area contributed by atoms with Gasteiger partial charge in [-0.1, -0.05) is 38.1 Å². The summed E-state index contributed by atoms with van der Waals surface area (Å²) >= 11 is 0. The summed E-state index contributed by atoms with van der Waals surface area (Å²) in [5, 5.41) is 13.9. The molecule has 1 aliphatic heterocycles. The third-order valence-electron chi connectivity index (χ3n) is 5.97. The van der Waals surface area contributed by atoms with Crippen LogP contribution in [0.5, 0.6) is 0 Å². The number of para-hydroxylation sites is 1. The van der Waals surface area contributed by atoms with Gasteiger partial charge in [0.1, 0.15) is 5.56 Å². The first kappa shape index (κ1) is 20.0. The van der Waals surface area contributed by atoms with Crippen LogP contribution in [0.2, 0.25) is 0 Å². The molecule has 1 N–H and O–H groups in total. The molecule has 0 aliphatic carbocycles. The lowest BCUT2D eigenvalue weighted by molar-refractivity contribution is -0.385. The molecule has 1 heterocycles. The molecular weight excluding hydrogens is 354 g/mol. The van der Waals surface area contributed by atoms with Crippen molar-refractivity contribution >= 4 is 17.3 Å². The van der Waals surface area contributed by atoms with Crippen LogP contribution in [-0.2, 0) is 5.41 Å². The standard InChI is InChI=1S/C22H27N3O3/c1-22(2,17-12-14-24(3)15-13-17)16-8-10-18(11-9-16)23-21(26)19-6-4-5-7-20(19)25(27)28/h4-11,17H,12-15H2,1-3H3,(H,23,26). The van der Waals surface area contributed by atoms with Gasteiger partial charge < -0.3 is 10.2 Å². The first-order chi connectivity index (χ1) is 13.3. The van der Waals surface area contributed by atoms with Crippen LogP contribution < -0.4 is 5.32 Å². The van der Waals surface area contributed by atoms with Crippen LogP contribution in [0.3, 0.4) is 0 Å². The van der Waals surface area contributed by atoms with E-state index >= 15 is 0 Å². The second kappa shape index (κ2) is 8.10. The van der Waals surface area contributed by atoms with Gasteiger partial charge in [-0.25, -0.2) is 0 Å². The highest BCUT2D eigenvalue weighted by Gasteiger charge is 2.33. The van der Waals surface area contributed by atoms with E-state index in [4.69, 9.17) is 0 Å². The fourth-order valence-corrected chi connectivity index (χ4v) is 3.97. The number of carbonyl (C=O) groups is 1. The zero-order valence-electron chi connectivity index (χ0n) is 16.6. The maximum atomic E-state index is 12.5. The Kier molecular flexibility index (Phi) is 5.79. The summed E-state index contributed by atoms with van der Waals surface area (Å²) in [6.45, 7) is 6.81. The Hall–Kier alpha value is -2.73. The van der Waals surface area contributed by atoms with Gasteiger partial charge in [-0.2, -0.15) is 0 Å². The van der Waals surface area contributed by atoms with E-state index in [0.717, 1.165) is 13.1 Å². The monoisotopic (exact) mass is 381 g/mol. The van der Waals surface area contributed by atoms with Crippen molar-refractivity contribution in [3.8, 4) is 0 Å². The second-order valence-electron chi connectivity index (χ2n) is 8.10. The minimum atomic E-state index is -0.540. The lowest BCUT2D eigenvalue weighted by atomic mass is 9.69. The molecule has 1 saturated heterocycles. The molecule has 0 saturated carbocycles. The molecule has 2 aromatic rings. The number of hydrogen-bond acceptors (Lipinski definition) is 4. The summed E-state index contributed by atoms with van der Waals surface area (Å²) in [6.07, 6.45) is 2.36. The van der Waals surface area contributed by atoms with Crippen molar-refractivity contribution < 1.29 is 9.72 Å². The van der Waals surface area contributed by atoms with Crippen LogP contribution in [0.25, 0.3) is 0 Å². The van der Waals surface area contributed by atoms with Gasteiger partial charge in [-0.3, -0.25) is 14.9 Å². The van der Waals surface area contributed by atoms with Crippen LogP contribution >= 0.6 is 0 Å². The number of nitrogens with zero attached hydrogens (tertiary/aromatic N) is 2. The smallest absolute Gasteiger partial charge is 0.282 e. The number of nitro benzene ring substituents is 1. The molecule has 1 fully saturated rings. The van der Waals surface area contributed by atoms with Crippen LogP contribution in [-0.4, -0.2) is 35.9 Å². The Balaban J connectivity index is 1.73. The van der Waals surface area contributed by atoms with Gasteiger partial charge >= 0.3 is 0 Å². The summed E-state index contributed by atoms with van der Waals surface area (Å²) in [5.41, 5.74) is 1.79. The highest BCUT2D eigenvalue weighted by molar-refractivity contribution is 6.07. The Labute approximate surface area is 165 Å². The largest absolute Gasteiger partial charge is 0.322 e. The van der Waals surface area contributed by atoms with Gasteiger partial charge in [-0.05, 0) is 68.1 Å². The van der Waals surface area contributed by atoms with Crippen molar-refractivity contribution in [1.82, 2.24) is 4.90 Å². The van der Waals surface area contributed by atoms with Crippen molar-refractivity contribution in [2.45, 2.75) is 32.1 Å². The van der Waals surface area contributed by atoms with Gasteiger partial charge in [0, 0.05) is 11.8 Å². The first-order valence-corrected chi connectivity index (χ1v) is 9.63. The number of nitrogens with one attached hydrogen (secondary N) is 1. The number of likely N-dealkylation sites (tertiary alicyclic amines) is 1. The summed E-state index contributed by atoms with van der Waals surface area (Å²) in [5.74, 6) is 0.144. The highest BCUT2D eigenvalue weighted by atomic mass is 16.6. The highest BCUT2D eigenvalue weighted by Crippen LogP contribution is 2.38. The maximum Gasteiger partial charge on any atom is 0.282 e. The predicted octanol–water partition coefficient (Wildman–Crippen LogP) is 4.47. The van der Waals surface area contributed by atoms with Crippen molar-refractivity contribution in [3.05, 3.63) is 69.8 Å². The molecule has 3 rings (SSSR count). The van der Waals surface area contributed by atoms with E-state index in [-0.39, 0.29) is 16.7 Å². The van der Waals surface area contributed by atoms with Gasteiger partial charge in [0.15, 0.2) is 0 Å². The Bertz CT molecular complexity index is 854. The molecular formula is C22H27N3O3. The average Bonchev–Trinajstić information content (AvgIpc) is 2.68. The number of piperidine rings is 1. The number of nitro groups is 1. The topological polar surface area (TPSA) is 75.5 Å². The van der Waals surface area contributed by atoms with E-state index < -0.39 is 10.8 Å². The zero-order valence-corrected chi connectivity index (χ0v) is 16.6. The average molecular weight is 381 g/mol. The molecule has 0 atom stereocenters. The molecule has 1 aliphatic rings. The third kappa shape index (κ3) is 4.22. The molecule has 0 spiro atoms. The lowest BCUT2D eigenvalue weighted by Crippen LogP contribution is -2.39. The van der Waals surface area contributed by atoms with E-state index in [9.17, 15) is 14.9 Å². The molecule has 2 aromatic carbocycles. The number of carbonyl (C=O) groups excluding carboxylic acids is 1.